The quantitative estimate of drug-likeness (QED) is 0.542. The highest BCUT2D eigenvalue weighted by atomic mass is 16.1. The van der Waals surface area contributed by atoms with Crippen LogP contribution in [-0.2, 0) is 4.79 Å². The maximum atomic E-state index is 12.3. The first-order valence-electron chi connectivity index (χ1n) is 8.88. The Labute approximate surface area is 157 Å². The first-order valence-corrected chi connectivity index (χ1v) is 8.88. The normalized spacial score (nSPS) is 12.5. The van der Waals surface area contributed by atoms with E-state index in [9.17, 15) is 4.79 Å². The molecule has 0 aliphatic heterocycles. The first-order chi connectivity index (χ1) is 13.2. The molecule has 0 bridgehead atoms. The Hall–Kier alpha value is -3.53. The second-order valence-corrected chi connectivity index (χ2v) is 6.45. The lowest BCUT2D eigenvalue weighted by Crippen LogP contribution is -2.24. The third-order valence-corrected chi connectivity index (χ3v) is 4.50. The molecule has 1 amide bonds. The molecule has 4 aromatic rings. The van der Waals surface area contributed by atoms with Crippen molar-refractivity contribution in [3.63, 3.8) is 0 Å². The monoisotopic (exact) mass is 353 g/mol. The lowest BCUT2D eigenvalue weighted by Gasteiger charge is -2.13. The van der Waals surface area contributed by atoms with Gasteiger partial charge in [-0.05, 0) is 47.5 Å². The summed E-state index contributed by atoms with van der Waals surface area (Å²) in [7, 11) is 0. The van der Waals surface area contributed by atoms with Crippen molar-refractivity contribution in [3.8, 4) is 0 Å². The van der Waals surface area contributed by atoms with Crippen LogP contribution in [0, 0.1) is 0 Å². The number of carbonyl (C=O) groups excluding carboxylic acids is 1. The number of amides is 1. The van der Waals surface area contributed by atoms with Gasteiger partial charge in [0, 0.05) is 6.08 Å². The van der Waals surface area contributed by atoms with Crippen molar-refractivity contribution < 1.29 is 4.79 Å². The number of benzene rings is 3. The third kappa shape index (κ3) is 3.85. The fourth-order valence-corrected chi connectivity index (χ4v) is 3.03. The molecule has 3 aromatic carbocycles. The largest absolute Gasteiger partial charge is 0.346 e. The molecule has 132 valence electrons. The molecule has 4 heteroatoms. The van der Waals surface area contributed by atoms with Crippen molar-refractivity contribution >= 4 is 33.8 Å². The molecule has 0 aliphatic carbocycles. The van der Waals surface area contributed by atoms with E-state index < -0.39 is 0 Å². The molecule has 1 atom stereocenters. The molecule has 0 fully saturated rings. The third-order valence-electron chi connectivity index (χ3n) is 4.50. The molecular weight excluding hydrogens is 334 g/mol. The second-order valence-electron chi connectivity index (χ2n) is 6.45. The number of fused-ring (bicyclic) bond motifs is 2. The van der Waals surface area contributed by atoms with Crippen LogP contribution >= 0.6 is 0 Å². The van der Waals surface area contributed by atoms with Crippen LogP contribution in [0.1, 0.15) is 24.2 Å². The Morgan fingerprint density at radius 2 is 1.70 bits per heavy atom. The number of rotatable bonds is 4. The molecule has 0 unspecified atom stereocenters. The highest BCUT2D eigenvalue weighted by Gasteiger charge is 2.08. The van der Waals surface area contributed by atoms with E-state index in [2.05, 4.69) is 39.6 Å². The van der Waals surface area contributed by atoms with Crippen LogP contribution in [-0.4, -0.2) is 15.9 Å². The van der Waals surface area contributed by atoms with Gasteiger partial charge in [0.25, 0.3) is 0 Å². The summed E-state index contributed by atoms with van der Waals surface area (Å²) in [6.45, 7) is 1.98. The molecule has 0 spiro atoms. The lowest BCUT2D eigenvalue weighted by molar-refractivity contribution is -0.117. The molecule has 4 rings (SSSR count). The van der Waals surface area contributed by atoms with Gasteiger partial charge in [-0.15, -0.1) is 0 Å². The van der Waals surface area contributed by atoms with Crippen LogP contribution in [0.2, 0.25) is 0 Å². The number of nitrogens with one attached hydrogen (secondary N) is 1. The smallest absolute Gasteiger partial charge is 0.244 e. The number of hydrogen-bond acceptors (Lipinski definition) is 3. The molecular formula is C23H19N3O. The standard InChI is InChI=1S/C23H19N3O/c1-16(18-11-10-17-6-2-3-7-19(17)14-18)25-23(27)13-12-20-15-24-21-8-4-5-9-22(21)26-20/h2-16H,1H3,(H,25,27)/b13-12-/t16-/m0/s1. The van der Waals surface area contributed by atoms with E-state index in [-0.39, 0.29) is 11.9 Å². The number of para-hydroxylation sites is 2. The lowest BCUT2D eigenvalue weighted by atomic mass is 10.0. The van der Waals surface area contributed by atoms with Gasteiger partial charge in [0.15, 0.2) is 0 Å². The van der Waals surface area contributed by atoms with Crippen molar-refractivity contribution in [3.05, 3.63) is 90.3 Å². The summed E-state index contributed by atoms with van der Waals surface area (Å²) in [5, 5.41) is 5.35. The van der Waals surface area contributed by atoms with Gasteiger partial charge in [0.1, 0.15) is 0 Å². The van der Waals surface area contributed by atoms with Crippen LogP contribution in [0.5, 0.6) is 0 Å². The molecule has 1 aromatic heterocycles. The van der Waals surface area contributed by atoms with Crippen molar-refractivity contribution in [2.24, 2.45) is 0 Å². The Kier molecular flexibility index (Phi) is 4.62. The zero-order valence-electron chi connectivity index (χ0n) is 15.0. The van der Waals surface area contributed by atoms with Crippen LogP contribution < -0.4 is 5.32 Å². The second kappa shape index (κ2) is 7.38. The van der Waals surface area contributed by atoms with E-state index in [1.54, 1.807) is 12.3 Å². The Morgan fingerprint density at radius 3 is 2.56 bits per heavy atom. The number of aromatic nitrogens is 2. The highest BCUT2D eigenvalue weighted by Crippen LogP contribution is 2.20. The maximum absolute atomic E-state index is 12.3. The van der Waals surface area contributed by atoms with Crippen molar-refractivity contribution in [1.29, 1.82) is 0 Å². The molecule has 0 saturated carbocycles. The fourth-order valence-electron chi connectivity index (χ4n) is 3.03. The SMILES string of the molecule is C[C@H](NC(=O)/C=C\c1cnc2ccccc2n1)c1ccc2ccccc2c1. The molecule has 1 heterocycles. The van der Waals surface area contributed by atoms with E-state index in [4.69, 9.17) is 0 Å². The predicted molar refractivity (Wildman–Crippen MR) is 109 cm³/mol. The zero-order valence-corrected chi connectivity index (χ0v) is 15.0. The summed E-state index contributed by atoms with van der Waals surface area (Å²) in [6, 6.07) is 22.0. The van der Waals surface area contributed by atoms with Crippen LogP contribution in [0.25, 0.3) is 27.9 Å². The number of nitrogens with zero attached hydrogens (tertiary/aromatic N) is 2. The molecule has 4 nitrogen and oxygen atoms in total. The molecule has 0 aliphatic rings. The van der Waals surface area contributed by atoms with E-state index >= 15 is 0 Å². The van der Waals surface area contributed by atoms with Gasteiger partial charge >= 0.3 is 0 Å². The van der Waals surface area contributed by atoms with E-state index in [1.807, 2.05) is 49.4 Å². The van der Waals surface area contributed by atoms with Crippen LogP contribution in [0.4, 0.5) is 0 Å². The molecule has 0 saturated heterocycles. The predicted octanol–water partition coefficient (Wildman–Crippen LogP) is 4.67. The number of carbonyl (C=O) groups is 1. The van der Waals surface area contributed by atoms with Gasteiger partial charge in [-0.25, -0.2) is 4.98 Å². The summed E-state index contributed by atoms with van der Waals surface area (Å²) in [6.07, 6.45) is 4.84. The average Bonchev–Trinajstić information content (AvgIpc) is 2.71. The van der Waals surface area contributed by atoms with Crippen LogP contribution in [0.15, 0.2) is 79.0 Å². The number of hydrogen-bond donors (Lipinski definition) is 1. The summed E-state index contributed by atoms with van der Waals surface area (Å²) < 4.78 is 0. The minimum absolute atomic E-state index is 0.0885. The molecule has 27 heavy (non-hydrogen) atoms. The average molecular weight is 353 g/mol. The summed E-state index contributed by atoms with van der Waals surface area (Å²) in [5.74, 6) is -0.161. The van der Waals surface area contributed by atoms with Crippen molar-refractivity contribution in [2.45, 2.75) is 13.0 Å². The minimum Gasteiger partial charge on any atom is -0.346 e. The van der Waals surface area contributed by atoms with Crippen molar-refractivity contribution in [1.82, 2.24) is 15.3 Å². The molecule has 0 radical (unpaired) electrons. The molecule has 1 N–H and O–H groups in total. The van der Waals surface area contributed by atoms with Gasteiger partial charge in [-0.1, -0.05) is 48.5 Å². The van der Waals surface area contributed by atoms with E-state index in [1.165, 1.54) is 11.5 Å². The van der Waals surface area contributed by atoms with Gasteiger partial charge < -0.3 is 5.32 Å². The fraction of sp³-hybridized carbons (Fsp3) is 0.0870. The summed E-state index contributed by atoms with van der Waals surface area (Å²) in [4.78, 5) is 21.1. The van der Waals surface area contributed by atoms with E-state index in [0.29, 0.717) is 5.69 Å². The Morgan fingerprint density at radius 1 is 0.963 bits per heavy atom. The summed E-state index contributed by atoms with van der Waals surface area (Å²) >= 11 is 0. The minimum atomic E-state index is -0.161. The van der Waals surface area contributed by atoms with E-state index in [0.717, 1.165) is 22.0 Å². The maximum Gasteiger partial charge on any atom is 0.244 e. The van der Waals surface area contributed by atoms with Gasteiger partial charge in [-0.3, -0.25) is 9.78 Å². The highest BCUT2D eigenvalue weighted by molar-refractivity contribution is 5.92. The first kappa shape index (κ1) is 16.9. The topological polar surface area (TPSA) is 54.9 Å². The Balaban J connectivity index is 1.46. The van der Waals surface area contributed by atoms with Gasteiger partial charge in [0.2, 0.25) is 5.91 Å². The van der Waals surface area contributed by atoms with Gasteiger partial charge in [0.05, 0.1) is 29.0 Å². The van der Waals surface area contributed by atoms with Crippen LogP contribution in [0.3, 0.4) is 0 Å². The zero-order chi connectivity index (χ0) is 18.6. The van der Waals surface area contributed by atoms with Gasteiger partial charge in [-0.2, -0.15) is 0 Å². The van der Waals surface area contributed by atoms with Crippen molar-refractivity contribution in [2.75, 3.05) is 0 Å². The summed E-state index contributed by atoms with van der Waals surface area (Å²) in [5.41, 5.74) is 3.37. The Bertz CT molecular complexity index is 1150.